The minimum absolute atomic E-state index is 0.151. The molecule has 33 heavy (non-hydrogen) atoms. The summed E-state index contributed by atoms with van der Waals surface area (Å²) in [5.41, 5.74) is 1.39. The van der Waals surface area contributed by atoms with Crippen molar-refractivity contribution in [1.82, 2.24) is 15.1 Å². The van der Waals surface area contributed by atoms with Crippen molar-refractivity contribution < 1.29 is 19.1 Å². The highest BCUT2D eigenvalue weighted by molar-refractivity contribution is 6.31. The highest BCUT2D eigenvalue weighted by Gasteiger charge is 2.42. The third kappa shape index (κ3) is 5.14. The number of nitrogens with one attached hydrogen (secondary N) is 1. The molecule has 2 fully saturated rings. The van der Waals surface area contributed by atoms with Gasteiger partial charge in [-0.15, -0.1) is 0 Å². The summed E-state index contributed by atoms with van der Waals surface area (Å²) in [7, 11) is 1.60. The third-order valence-electron chi connectivity index (χ3n) is 6.31. The molecule has 2 atom stereocenters. The molecule has 0 aromatic heterocycles. The summed E-state index contributed by atoms with van der Waals surface area (Å²) in [6, 6.07) is 13.2. The van der Waals surface area contributed by atoms with Crippen molar-refractivity contribution in [3.05, 3.63) is 64.7 Å². The number of hydrogen-bond donors (Lipinski definition) is 1. The molecule has 0 saturated carbocycles. The smallest absolute Gasteiger partial charge is 0.254 e. The lowest BCUT2D eigenvalue weighted by Gasteiger charge is -2.31. The largest absolute Gasteiger partial charge is 0.497 e. The van der Waals surface area contributed by atoms with Crippen molar-refractivity contribution in [2.75, 3.05) is 20.2 Å². The van der Waals surface area contributed by atoms with Gasteiger partial charge in [0.05, 0.1) is 7.11 Å². The lowest BCUT2D eigenvalue weighted by molar-refractivity contribution is -0.141. The Labute approximate surface area is 198 Å². The molecule has 3 amide bonds. The fourth-order valence-electron chi connectivity index (χ4n) is 4.64. The highest BCUT2D eigenvalue weighted by Crippen LogP contribution is 2.27. The molecule has 2 aromatic rings. The quantitative estimate of drug-likeness (QED) is 0.704. The minimum Gasteiger partial charge on any atom is -0.497 e. The number of hydrogen-bond acceptors (Lipinski definition) is 4. The highest BCUT2D eigenvalue weighted by atomic mass is 35.5. The summed E-state index contributed by atoms with van der Waals surface area (Å²) in [5, 5.41) is 3.43. The predicted molar refractivity (Wildman–Crippen MR) is 125 cm³/mol. The van der Waals surface area contributed by atoms with Crippen LogP contribution >= 0.6 is 11.6 Å². The van der Waals surface area contributed by atoms with E-state index < -0.39 is 12.1 Å². The average molecular weight is 470 g/mol. The third-order valence-corrected chi connectivity index (χ3v) is 6.54. The van der Waals surface area contributed by atoms with Crippen molar-refractivity contribution in [3.63, 3.8) is 0 Å². The zero-order chi connectivity index (χ0) is 23.4. The van der Waals surface area contributed by atoms with Crippen molar-refractivity contribution in [2.24, 2.45) is 0 Å². The van der Waals surface area contributed by atoms with Crippen LogP contribution < -0.4 is 10.1 Å². The molecule has 8 heteroatoms. The number of benzene rings is 2. The first kappa shape index (κ1) is 23.1. The van der Waals surface area contributed by atoms with E-state index in [2.05, 4.69) is 5.32 Å². The van der Waals surface area contributed by atoms with Crippen LogP contribution in [0.2, 0.25) is 5.02 Å². The molecule has 0 aliphatic carbocycles. The molecule has 2 heterocycles. The number of ether oxygens (including phenoxy) is 1. The fraction of sp³-hybridized carbons (Fsp3) is 0.400. The molecule has 0 unspecified atom stereocenters. The molecule has 2 aliphatic heterocycles. The Morgan fingerprint density at radius 2 is 1.73 bits per heavy atom. The normalized spacial score (nSPS) is 20.1. The molecule has 4 rings (SSSR count). The van der Waals surface area contributed by atoms with Gasteiger partial charge in [-0.3, -0.25) is 14.4 Å². The van der Waals surface area contributed by atoms with E-state index in [-0.39, 0.29) is 17.7 Å². The van der Waals surface area contributed by atoms with E-state index in [1.165, 1.54) is 0 Å². The van der Waals surface area contributed by atoms with E-state index in [0.29, 0.717) is 43.1 Å². The predicted octanol–water partition coefficient (Wildman–Crippen LogP) is 3.26. The Balaban J connectivity index is 1.42. The summed E-state index contributed by atoms with van der Waals surface area (Å²) in [6.07, 6.45) is 2.73. The summed E-state index contributed by atoms with van der Waals surface area (Å²) >= 11 is 6.05. The van der Waals surface area contributed by atoms with E-state index in [0.717, 1.165) is 24.2 Å². The van der Waals surface area contributed by atoms with Crippen molar-refractivity contribution in [3.8, 4) is 5.75 Å². The maximum absolute atomic E-state index is 13.4. The molecule has 7 nitrogen and oxygen atoms in total. The van der Waals surface area contributed by atoms with E-state index in [1.807, 2.05) is 24.3 Å². The minimum atomic E-state index is -0.553. The van der Waals surface area contributed by atoms with Gasteiger partial charge < -0.3 is 19.9 Å². The van der Waals surface area contributed by atoms with Gasteiger partial charge in [0.15, 0.2) is 0 Å². The Hall–Kier alpha value is -3.06. The number of carbonyl (C=O) groups is 3. The Bertz CT molecular complexity index is 1040. The number of rotatable bonds is 6. The van der Waals surface area contributed by atoms with Crippen LogP contribution in [0.1, 0.15) is 41.6 Å². The van der Waals surface area contributed by atoms with Crippen LogP contribution in [0.25, 0.3) is 0 Å². The monoisotopic (exact) mass is 469 g/mol. The maximum Gasteiger partial charge on any atom is 0.254 e. The molecule has 0 bridgehead atoms. The maximum atomic E-state index is 13.4. The van der Waals surface area contributed by atoms with Crippen molar-refractivity contribution >= 4 is 29.3 Å². The number of nitrogens with zero attached hydrogens (tertiary/aromatic N) is 2. The van der Waals surface area contributed by atoms with E-state index in [9.17, 15) is 14.4 Å². The molecular weight excluding hydrogens is 442 g/mol. The van der Waals surface area contributed by atoms with Gasteiger partial charge in [0, 0.05) is 30.2 Å². The molecule has 1 N–H and O–H groups in total. The van der Waals surface area contributed by atoms with Gasteiger partial charge in [0.1, 0.15) is 17.8 Å². The van der Waals surface area contributed by atoms with Gasteiger partial charge in [-0.1, -0.05) is 29.8 Å². The first-order chi connectivity index (χ1) is 16.0. The summed E-state index contributed by atoms with van der Waals surface area (Å²) in [4.78, 5) is 42.7. The van der Waals surface area contributed by atoms with E-state index >= 15 is 0 Å². The molecular formula is C25H28ClN3O4. The molecule has 2 aliphatic rings. The molecule has 174 valence electrons. The van der Waals surface area contributed by atoms with Gasteiger partial charge in [-0.25, -0.2) is 0 Å². The first-order valence-electron chi connectivity index (χ1n) is 11.3. The van der Waals surface area contributed by atoms with Crippen molar-refractivity contribution in [2.45, 2.75) is 44.3 Å². The van der Waals surface area contributed by atoms with E-state index in [4.69, 9.17) is 16.3 Å². The van der Waals surface area contributed by atoms with Crippen molar-refractivity contribution in [1.29, 1.82) is 0 Å². The number of amides is 3. The Morgan fingerprint density at radius 3 is 2.48 bits per heavy atom. The zero-order valence-electron chi connectivity index (χ0n) is 18.6. The van der Waals surface area contributed by atoms with Crippen LogP contribution in [-0.4, -0.2) is 59.8 Å². The lowest BCUT2D eigenvalue weighted by Crippen LogP contribution is -2.52. The SMILES string of the molecule is COc1cccc(CNC(=O)[C@@H]2CCCN2C(=O)[C@@H]2CCCN2C(=O)c2cccc(Cl)c2)c1. The standard InChI is InChI=1S/C25H28ClN3O4/c1-33-20-9-2-6-17(14-20)16-27-23(30)21-10-4-12-28(21)25(32)22-11-5-13-29(22)24(31)18-7-3-8-19(26)15-18/h2-3,6-9,14-15,21-22H,4-5,10-13,16H2,1H3,(H,27,30)/t21-,22-/m0/s1. The van der Waals surface area contributed by atoms with Gasteiger partial charge in [-0.05, 0) is 61.6 Å². The molecule has 0 spiro atoms. The lowest BCUT2D eigenvalue weighted by atomic mass is 10.1. The Kier molecular flexibility index (Phi) is 7.18. The first-order valence-corrected chi connectivity index (χ1v) is 11.6. The Morgan fingerprint density at radius 1 is 1.00 bits per heavy atom. The van der Waals surface area contributed by atoms with Crippen LogP contribution in [0.3, 0.4) is 0 Å². The van der Waals surface area contributed by atoms with Gasteiger partial charge >= 0.3 is 0 Å². The molecule has 2 aromatic carbocycles. The number of carbonyl (C=O) groups excluding carboxylic acids is 3. The average Bonchev–Trinajstić information content (AvgIpc) is 3.52. The van der Waals surface area contributed by atoms with Gasteiger partial charge in [-0.2, -0.15) is 0 Å². The fourth-order valence-corrected chi connectivity index (χ4v) is 4.83. The van der Waals surface area contributed by atoms with Crippen LogP contribution in [0.4, 0.5) is 0 Å². The summed E-state index contributed by atoms with van der Waals surface area (Å²) < 4.78 is 5.23. The van der Waals surface area contributed by atoms with Crippen LogP contribution in [0.5, 0.6) is 5.75 Å². The van der Waals surface area contributed by atoms with E-state index in [1.54, 1.807) is 41.2 Å². The van der Waals surface area contributed by atoms with Gasteiger partial charge in [0.2, 0.25) is 11.8 Å². The number of likely N-dealkylation sites (tertiary alicyclic amines) is 2. The number of methoxy groups -OCH3 is 1. The van der Waals surface area contributed by atoms with Crippen LogP contribution in [-0.2, 0) is 16.1 Å². The molecule has 2 saturated heterocycles. The second-order valence-corrected chi connectivity index (χ2v) is 8.86. The second kappa shape index (κ2) is 10.3. The second-order valence-electron chi connectivity index (χ2n) is 8.43. The van der Waals surface area contributed by atoms with Gasteiger partial charge in [0.25, 0.3) is 5.91 Å². The summed E-state index contributed by atoms with van der Waals surface area (Å²) in [6.45, 7) is 1.39. The topological polar surface area (TPSA) is 79.0 Å². The van der Waals surface area contributed by atoms with Crippen LogP contribution in [0, 0.1) is 0 Å². The van der Waals surface area contributed by atoms with Crippen LogP contribution in [0.15, 0.2) is 48.5 Å². The number of halogens is 1. The molecule has 0 radical (unpaired) electrons. The summed E-state index contributed by atoms with van der Waals surface area (Å²) in [5.74, 6) is 0.202. The zero-order valence-corrected chi connectivity index (χ0v) is 19.4.